The summed E-state index contributed by atoms with van der Waals surface area (Å²) < 4.78 is 1.47. The zero-order valence-electron chi connectivity index (χ0n) is 9.01. The second kappa shape index (κ2) is 3.77. The molecule has 0 unspecified atom stereocenters. The van der Waals surface area contributed by atoms with E-state index in [2.05, 4.69) is 10.1 Å². The van der Waals surface area contributed by atoms with Crippen LogP contribution in [0.5, 0.6) is 0 Å². The average molecular weight is 217 g/mol. The minimum atomic E-state index is -0.966. The van der Waals surface area contributed by atoms with Crippen LogP contribution >= 0.6 is 0 Å². The first kappa shape index (κ1) is 10.4. The molecule has 1 N–H and O–H groups in total. The normalized spacial score (nSPS) is 10.4. The van der Waals surface area contributed by atoms with E-state index in [0.29, 0.717) is 11.5 Å². The van der Waals surface area contributed by atoms with Crippen molar-refractivity contribution in [3.05, 3.63) is 41.5 Å². The molecule has 0 spiro atoms. The fourth-order valence-corrected chi connectivity index (χ4v) is 1.48. The molecule has 5 nitrogen and oxygen atoms in total. The van der Waals surface area contributed by atoms with E-state index in [9.17, 15) is 4.79 Å². The Morgan fingerprint density at radius 2 is 2.12 bits per heavy atom. The Balaban J connectivity index is 2.60. The summed E-state index contributed by atoms with van der Waals surface area (Å²) in [5, 5.41) is 13.2. The van der Waals surface area contributed by atoms with E-state index in [4.69, 9.17) is 5.11 Å². The van der Waals surface area contributed by atoms with E-state index in [1.807, 2.05) is 13.0 Å². The molecule has 0 saturated heterocycles. The molecule has 2 aromatic rings. The zero-order valence-corrected chi connectivity index (χ0v) is 9.01. The molecule has 0 saturated carbocycles. The first-order valence-electron chi connectivity index (χ1n) is 4.80. The van der Waals surface area contributed by atoms with Crippen LogP contribution in [0.25, 0.3) is 5.69 Å². The van der Waals surface area contributed by atoms with Gasteiger partial charge in [0.2, 0.25) is 0 Å². The summed E-state index contributed by atoms with van der Waals surface area (Å²) >= 11 is 0. The van der Waals surface area contributed by atoms with Crippen molar-refractivity contribution in [3.63, 3.8) is 0 Å². The molecule has 1 aromatic carbocycles. The topological polar surface area (TPSA) is 68.0 Å². The number of carboxylic acid groups (broad SMARTS) is 1. The van der Waals surface area contributed by atoms with Crippen molar-refractivity contribution in [3.8, 4) is 5.69 Å². The van der Waals surface area contributed by atoms with Gasteiger partial charge in [0.1, 0.15) is 12.2 Å². The van der Waals surface area contributed by atoms with E-state index in [1.54, 1.807) is 19.1 Å². The third-order valence-electron chi connectivity index (χ3n) is 2.24. The minimum Gasteiger partial charge on any atom is -0.478 e. The lowest BCUT2D eigenvalue weighted by molar-refractivity contribution is 0.0696. The van der Waals surface area contributed by atoms with Gasteiger partial charge in [-0.15, -0.1) is 0 Å². The summed E-state index contributed by atoms with van der Waals surface area (Å²) in [6.45, 7) is 3.61. The molecule has 82 valence electrons. The molecule has 0 radical (unpaired) electrons. The van der Waals surface area contributed by atoms with Gasteiger partial charge in [-0.25, -0.2) is 14.5 Å². The highest BCUT2D eigenvalue weighted by Crippen LogP contribution is 2.15. The molecule has 0 aliphatic carbocycles. The predicted molar refractivity (Wildman–Crippen MR) is 57.8 cm³/mol. The van der Waals surface area contributed by atoms with Crippen molar-refractivity contribution in [1.29, 1.82) is 0 Å². The van der Waals surface area contributed by atoms with Crippen LogP contribution in [-0.2, 0) is 0 Å². The molecule has 16 heavy (non-hydrogen) atoms. The van der Waals surface area contributed by atoms with Gasteiger partial charge in [0.05, 0.1) is 11.3 Å². The lowest BCUT2D eigenvalue weighted by Crippen LogP contribution is -2.06. The van der Waals surface area contributed by atoms with Gasteiger partial charge < -0.3 is 5.11 Å². The summed E-state index contributed by atoms with van der Waals surface area (Å²) in [7, 11) is 0. The molecule has 0 atom stereocenters. The molecule has 0 bridgehead atoms. The van der Waals surface area contributed by atoms with Crippen LogP contribution in [0, 0.1) is 13.8 Å². The van der Waals surface area contributed by atoms with E-state index in [0.717, 1.165) is 5.56 Å². The van der Waals surface area contributed by atoms with Gasteiger partial charge in [0, 0.05) is 0 Å². The number of carboxylic acids is 1. The largest absolute Gasteiger partial charge is 0.478 e. The van der Waals surface area contributed by atoms with Crippen molar-refractivity contribution >= 4 is 5.97 Å². The Hall–Kier alpha value is -2.17. The number of benzene rings is 1. The summed E-state index contributed by atoms with van der Waals surface area (Å²) in [6.07, 6.45) is 1.51. The first-order valence-corrected chi connectivity index (χ1v) is 4.80. The second-order valence-electron chi connectivity index (χ2n) is 3.56. The predicted octanol–water partition coefficient (Wildman–Crippen LogP) is 1.58. The molecule has 0 aliphatic heterocycles. The van der Waals surface area contributed by atoms with Crippen LogP contribution in [-0.4, -0.2) is 25.8 Å². The zero-order chi connectivity index (χ0) is 11.7. The number of hydrogen-bond donors (Lipinski definition) is 1. The monoisotopic (exact) mass is 217 g/mol. The number of aryl methyl sites for hydroxylation is 2. The molecule has 1 heterocycles. The molecule has 5 heteroatoms. The van der Waals surface area contributed by atoms with Crippen molar-refractivity contribution < 1.29 is 9.90 Å². The fraction of sp³-hybridized carbons (Fsp3) is 0.182. The van der Waals surface area contributed by atoms with Crippen LogP contribution in [0.2, 0.25) is 0 Å². The number of nitrogens with zero attached hydrogens (tertiary/aromatic N) is 3. The quantitative estimate of drug-likeness (QED) is 0.829. The fourth-order valence-electron chi connectivity index (χ4n) is 1.48. The highest BCUT2D eigenvalue weighted by molar-refractivity contribution is 5.92. The Morgan fingerprint density at radius 3 is 2.69 bits per heavy atom. The molecular formula is C11H11N3O2. The van der Waals surface area contributed by atoms with Crippen molar-refractivity contribution in [1.82, 2.24) is 14.8 Å². The third kappa shape index (κ3) is 1.79. The first-order chi connectivity index (χ1) is 7.58. The maximum atomic E-state index is 11.1. The number of rotatable bonds is 2. The van der Waals surface area contributed by atoms with Gasteiger partial charge >= 0.3 is 5.97 Å². The van der Waals surface area contributed by atoms with E-state index in [-0.39, 0.29) is 5.56 Å². The summed E-state index contributed by atoms with van der Waals surface area (Å²) in [5.41, 5.74) is 1.65. The van der Waals surface area contributed by atoms with Gasteiger partial charge in [-0.3, -0.25) is 0 Å². The van der Waals surface area contributed by atoms with E-state index >= 15 is 0 Å². The van der Waals surface area contributed by atoms with Crippen LogP contribution in [0.4, 0.5) is 0 Å². The summed E-state index contributed by atoms with van der Waals surface area (Å²) in [6, 6.07) is 5.19. The Labute approximate surface area is 92.4 Å². The van der Waals surface area contributed by atoms with Crippen LogP contribution in [0.3, 0.4) is 0 Å². The van der Waals surface area contributed by atoms with Gasteiger partial charge in [-0.1, -0.05) is 11.6 Å². The number of aromatic nitrogens is 3. The highest BCUT2D eigenvalue weighted by Gasteiger charge is 2.12. The van der Waals surface area contributed by atoms with Gasteiger partial charge in [-0.05, 0) is 26.0 Å². The lowest BCUT2D eigenvalue weighted by atomic mass is 10.1. The average Bonchev–Trinajstić information content (AvgIpc) is 2.64. The third-order valence-corrected chi connectivity index (χ3v) is 2.24. The Morgan fingerprint density at radius 1 is 1.38 bits per heavy atom. The maximum Gasteiger partial charge on any atom is 0.337 e. The summed E-state index contributed by atoms with van der Waals surface area (Å²) in [5.74, 6) is -0.358. The second-order valence-corrected chi connectivity index (χ2v) is 3.56. The van der Waals surface area contributed by atoms with Gasteiger partial charge in [-0.2, -0.15) is 5.10 Å². The van der Waals surface area contributed by atoms with Crippen LogP contribution in [0.15, 0.2) is 24.5 Å². The number of hydrogen-bond acceptors (Lipinski definition) is 3. The Kier molecular flexibility index (Phi) is 2.44. The molecule has 0 fully saturated rings. The lowest BCUT2D eigenvalue weighted by Gasteiger charge is -2.06. The number of aromatic carboxylic acids is 1. The van der Waals surface area contributed by atoms with Crippen molar-refractivity contribution in [2.24, 2.45) is 0 Å². The molecule has 0 amide bonds. The minimum absolute atomic E-state index is 0.227. The van der Waals surface area contributed by atoms with E-state index in [1.165, 1.54) is 11.0 Å². The van der Waals surface area contributed by atoms with Crippen molar-refractivity contribution in [2.75, 3.05) is 0 Å². The maximum absolute atomic E-state index is 11.1. The molecule has 0 aliphatic rings. The molecular weight excluding hydrogens is 206 g/mol. The SMILES string of the molecule is Cc1ccc(-n2cnc(C)n2)c(C(=O)O)c1. The highest BCUT2D eigenvalue weighted by atomic mass is 16.4. The standard InChI is InChI=1S/C11H11N3O2/c1-7-3-4-10(9(5-7)11(15)16)14-6-12-8(2)13-14/h3-6H,1-2H3,(H,15,16). The Bertz CT molecular complexity index is 546. The van der Waals surface area contributed by atoms with Gasteiger partial charge in [0.25, 0.3) is 0 Å². The molecule has 1 aromatic heterocycles. The van der Waals surface area contributed by atoms with E-state index < -0.39 is 5.97 Å². The number of carbonyl (C=O) groups is 1. The summed E-state index contributed by atoms with van der Waals surface area (Å²) in [4.78, 5) is 15.1. The van der Waals surface area contributed by atoms with Crippen molar-refractivity contribution in [2.45, 2.75) is 13.8 Å². The smallest absolute Gasteiger partial charge is 0.337 e. The molecule has 2 rings (SSSR count). The van der Waals surface area contributed by atoms with Crippen LogP contribution < -0.4 is 0 Å². The van der Waals surface area contributed by atoms with Crippen LogP contribution in [0.1, 0.15) is 21.7 Å². The van der Waals surface area contributed by atoms with Gasteiger partial charge in [0.15, 0.2) is 0 Å².